The minimum absolute atomic E-state index is 0.0597. The van der Waals surface area contributed by atoms with E-state index in [2.05, 4.69) is 19.2 Å². The van der Waals surface area contributed by atoms with E-state index in [0.29, 0.717) is 0 Å². The Morgan fingerprint density at radius 2 is 1.94 bits per heavy atom. The van der Waals surface area contributed by atoms with Crippen molar-refractivity contribution in [1.29, 1.82) is 0 Å². The second-order valence-corrected chi connectivity index (χ2v) is 4.54. The first-order chi connectivity index (χ1) is 8.65. The van der Waals surface area contributed by atoms with Crippen molar-refractivity contribution in [1.82, 2.24) is 5.32 Å². The van der Waals surface area contributed by atoms with Gasteiger partial charge in [-0.3, -0.25) is 4.79 Å². The summed E-state index contributed by atoms with van der Waals surface area (Å²) in [6, 6.07) is 8.07. The van der Waals surface area contributed by atoms with Gasteiger partial charge in [-0.25, -0.2) is 0 Å². The van der Waals surface area contributed by atoms with Crippen molar-refractivity contribution >= 4 is 5.91 Å². The zero-order valence-corrected chi connectivity index (χ0v) is 11.5. The standard InChI is InChI=1S/C15H23NO2/c1-4-6-12(3)16-15(17)11-18-14-9-7-13(5-2)8-10-14/h7-10,12H,4-6,11H2,1-3H3,(H,16,17)/t12-/m0/s1. The number of aryl methyl sites for hydroxylation is 1. The molecule has 1 rings (SSSR count). The lowest BCUT2D eigenvalue weighted by molar-refractivity contribution is -0.123. The Morgan fingerprint density at radius 1 is 1.28 bits per heavy atom. The van der Waals surface area contributed by atoms with E-state index in [0.717, 1.165) is 25.0 Å². The van der Waals surface area contributed by atoms with Gasteiger partial charge in [-0.1, -0.05) is 32.4 Å². The van der Waals surface area contributed by atoms with Crippen LogP contribution in [-0.4, -0.2) is 18.6 Å². The average Bonchev–Trinajstić information content (AvgIpc) is 2.37. The lowest BCUT2D eigenvalue weighted by atomic mass is 10.2. The van der Waals surface area contributed by atoms with Crippen molar-refractivity contribution < 1.29 is 9.53 Å². The van der Waals surface area contributed by atoms with Gasteiger partial charge in [0.1, 0.15) is 5.75 Å². The fourth-order valence-corrected chi connectivity index (χ4v) is 1.79. The van der Waals surface area contributed by atoms with Crippen LogP contribution in [0.25, 0.3) is 0 Å². The van der Waals surface area contributed by atoms with E-state index in [1.165, 1.54) is 5.56 Å². The van der Waals surface area contributed by atoms with Crippen LogP contribution in [0.3, 0.4) is 0 Å². The molecule has 0 saturated carbocycles. The summed E-state index contributed by atoms with van der Waals surface area (Å²) in [7, 11) is 0. The maximum absolute atomic E-state index is 11.6. The molecule has 1 aromatic rings. The molecular formula is C15H23NO2. The van der Waals surface area contributed by atoms with Crippen molar-refractivity contribution in [3.05, 3.63) is 29.8 Å². The Kier molecular flexibility index (Phi) is 6.26. The summed E-state index contributed by atoms with van der Waals surface area (Å²) in [4.78, 5) is 11.6. The van der Waals surface area contributed by atoms with Gasteiger partial charge in [-0.15, -0.1) is 0 Å². The summed E-state index contributed by atoms with van der Waals surface area (Å²) in [5.41, 5.74) is 1.27. The van der Waals surface area contributed by atoms with Gasteiger partial charge in [-0.2, -0.15) is 0 Å². The highest BCUT2D eigenvalue weighted by Gasteiger charge is 2.06. The fraction of sp³-hybridized carbons (Fsp3) is 0.533. The van der Waals surface area contributed by atoms with Crippen molar-refractivity contribution in [2.45, 2.75) is 46.1 Å². The lowest BCUT2D eigenvalue weighted by Crippen LogP contribution is -2.35. The minimum atomic E-state index is -0.0597. The molecule has 0 saturated heterocycles. The Bertz CT molecular complexity index is 359. The van der Waals surface area contributed by atoms with Crippen LogP contribution in [0.2, 0.25) is 0 Å². The Balaban J connectivity index is 2.33. The van der Waals surface area contributed by atoms with Gasteiger partial charge in [0.25, 0.3) is 5.91 Å². The molecule has 0 radical (unpaired) electrons. The van der Waals surface area contributed by atoms with Crippen LogP contribution in [0.4, 0.5) is 0 Å². The van der Waals surface area contributed by atoms with Crippen LogP contribution in [0.1, 0.15) is 39.2 Å². The third-order valence-electron chi connectivity index (χ3n) is 2.83. The molecule has 0 heterocycles. The number of ether oxygens (including phenoxy) is 1. The maximum Gasteiger partial charge on any atom is 0.258 e. The van der Waals surface area contributed by atoms with E-state index in [9.17, 15) is 4.79 Å². The summed E-state index contributed by atoms with van der Waals surface area (Å²) >= 11 is 0. The van der Waals surface area contributed by atoms with Crippen LogP contribution in [0, 0.1) is 0 Å². The molecule has 1 amide bonds. The van der Waals surface area contributed by atoms with Crippen molar-refractivity contribution in [3.8, 4) is 5.75 Å². The normalized spacial score (nSPS) is 11.9. The highest BCUT2D eigenvalue weighted by atomic mass is 16.5. The zero-order valence-electron chi connectivity index (χ0n) is 11.5. The number of nitrogens with one attached hydrogen (secondary N) is 1. The number of benzene rings is 1. The highest BCUT2D eigenvalue weighted by Crippen LogP contribution is 2.12. The van der Waals surface area contributed by atoms with Gasteiger partial charge in [0.2, 0.25) is 0 Å². The van der Waals surface area contributed by atoms with E-state index in [4.69, 9.17) is 4.74 Å². The topological polar surface area (TPSA) is 38.3 Å². The van der Waals surface area contributed by atoms with Crippen LogP contribution in [-0.2, 0) is 11.2 Å². The molecule has 1 atom stereocenters. The Labute approximate surface area is 110 Å². The van der Waals surface area contributed by atoms with Crippen LogP contribution < -0.4 is 10.1 Å². The molecule has 1 aromatic carbocycles. The quantitative estimate of drug-likeness (QED) is 0.807. The monoisotopic (exact) mass is 249 g/mol. The minimum Gasteiger partial charge on any atom is -0.484 e. The van der Waals surface area contributed by atoms with Gasteiger partial charge in [0.15, 0.2) is 6.61 Å². The summed E-state index contributed by atoms with van der Waals surface area (Å²) in [6.45, 7) is 6.31. The number of hydrogen-bond donors (Lipinski definition) is 1. The van der Waals surface area contributed by atoms with Crippen LogP contribution in [0.5, 0.6) is 5.75 Å². The van der Waals surface area contributed by atoms with Gasteiger partial charge >= 0.3 is 0 Å². The number of amides is 1. The molecule has 0 unspecified atom stereocenters. The number of carbonyl (C=O) groups is 1. The average molecular weight is 249 g/mol. The highest BCUT2D eigenvalue weighted by molar-refractivity contribution is 5.77. The Morgan fingerprint density at radius 3 is 2.50 bits per heavy atom. The first kappa shape index (κ1) is 14.6. The summed E-state index contributed by atoms with van der Waals surface area (Å²) in [5, 5.41) is 2.91. The largest absolute Gasteiger partial charge is 0.484 e. The number of carbonyl (C=O) groups excluding carboxylic acids is 1. The van der Waals surface area contributed by atoms with Crippen molar-refractivity contribution in [2.75, 3.05) is 6.61 Å². The predicted molar refractivity (Wildman–Crippen MR) is 73.8 cm³/mol. The predicted octanol–water partition coefficient (Wildman–Crippen LogP) is 2.93. The zero-order chi connectivity index (χ0) is 13.4. The molecule has 3 heteroatoms. The van der Waals surface area contributed by atoms with Gasteiger partial charge < -0.3 is 10.1 Å². The summed E-state index contributed by atoms with van der Waals surface area (Å²) in [6.07, 6.45) is 3.08. The molecule has 0 fully saturated rings. The summed E-state index contributed by atoms with van der Waals surface area (Å²) < 4.78 is 5.43. The molecule has 0 bridgehead atoms. The molecule has 18 heavy (non-hydrogen) atoms. The molecule has 0 aromatic heterocycles. The van der Waals surface area contributed by atoms with Gasteiger partial charge in [0, 0.05) is 6.04 Å². The molecule has 0 spiro atoms. The van der Waals surface area contributed by atoms with E-state index >= 15 is 0 Å². The molecule has 1 N–H and O–H groups in total. The maximum atomic E-state index is 11.6. The second-order valence-electron chi connectivity index (χ2n) is 4.54. The van der Waals surface area contributed by atoms with Crippen molar-refractivity contribution in [3.63, 3.8) is 0 Å². The van der Waals surface area contributed by atoms with Crippen LogP contribution >= 0.6 is 0 Å². The molecular weight excluding hydrogens is 226 g/mol. The first-order valence-corrected chi connectivity index (χ1v) is 6.66. The molecule has 0 aliphatic heterocycles. The van der Waals surface area contributed by atoms with Gasteiger partial charge in [-0.05, 0) is 37.5 Å². The lowest BCUT2D eigenvalue weighted by Gasteiger charge is -2.13. The smallest absolute Gasteiger partial charge is 0.258 e. The van der Waals surface area contributed by atoms with E-state index in [1.54, 1.807) is 0 Å². The van der Waals surface area contributed by atoms with E-state index in [-0.39, 0.29) is 18.6 Å². The van der Waals surface area contributed by atoms with E-state index < -0.39 is 0 Å². The molecule has 100 valence electrons. The third-order valence-corrected chi connectivity index (χ3v) is 2.83. The Hall–Kier alpha value is -1.51. The van der Waals surface area contributed by atoms with Gasteiger partial charge in [0.05, 0.1) is 0 Å². The second kappa shape index (κ2) is 7.75. The summed E-state index contributed by atoms with van der Waals surface area (Å²) in [5.74, 6) is 0.681. The third kappa shape index (κ3) is 5.21. The first-order valence-electron chi connectivity index (χ1n) is 6.66. The van der Waals surface area contributed by atoms with Crippen LogP contribution in [0.15, 0.2) is 24.3 Å². The molecule has 0 aliphatic carbocycles. The molecule has 3 nitrogen and oxygen atoms in total. The van der Waals surface area contributed by atoms with Crippen molar-refractivity contribution in [2.24, 2.45) is 0 Å². The molecule has 0 aliphatic rings. The SMILES string of the molecule is CCC[C@H](C)NC(=O)COc1ccc(CC)cc1. The van der Waals surface area contributed by atoms with E-state index in [1.807, 2.05) is 31.2 Å². The number of hydrogen-bond acceptors (Lipinski definition) is 2. The number of rotatable bonds is 7. The fourth-order valence-electron chi connectivity index (χ4n) is 1.79.